The Morgan fingerprint density at radius 3 is 2.53 bits per heavy atom. The van der Waals surface area contributed by atoms with Crippen molar-refractivity contribution in [3.05, 3.63) is 40.9 Å². The highest BCUT2D eigenvalue weighted by Crippen LogP contribution is 2.41. The molecule has 0 spiro atoms. The van der Waals surface area contributed by atoms with E-state index in [1.807, 2.05) is 0 Å². The zero-order valence-electron chi connectivity index (χ0n) is 9.92. The van der Waals surface area contributed by atoms with Gasteiger partial charge in [0.05, 0.1) is 0 Å². The van der Waals surface area contributed by atoms with Gasteiger partial charge in [-0.25, -0.2) is 0 Å². The van der Waals surface area contributed by atoms with Crippen LogP contribution in [0.15, 0.2) is 30.4 Å². The van der Waals surface area contributed by atoms with E-state index in [0.717, 1.165) is 6.07 Å². The smallest absolute Gasteiger partial charge is 0.398 e. The summed E-state index contributed by atoms with van der Waals surface area (Å²) in [6.07, 6.45) is -2.36. The summed E-state index contributed by atoms with van der Waals surface area (Å²) in [4.78, 5) is 0. The summed E-state index contributed by atoms with van der Waals surface area (Å²) in [5.74, 6) is 3.90. The summed E-state index contributed by atoms with van der Waals surface area (Å²) >= 11 is 5.64. The van der Waals surface area contributed by atoms with Gasteiger partial charge in [0.25, 0.3) is 5.60 Å². The van der Waals surface area contributed by atoms with Gasteiger partial charge in [-0.15, -0.1) is 0 Å². The van der Waals surface area contributed by atoms with Crippen molar-refractivity contribution in [3.63, 3.8) is 0 Å². The number of halogens is 4. The summed E-state index contributed by atoms with van der Waals surface area (Å²) in [5.41, 5.74) is 1.30. The van der Waals surface area contributed by atoms with Crippen LogP contribution in [0.5, 0.6) is 0 Å². The van der Waals surface area contributed by atoms with Crippen LogP contribution >= 0.6 is 11.6 Å². The number of anilines is 1. The molecular weight excluding hydrogens is 279 g/mol. The fourth-order valence-corrected chi connectivity index (χ4v) is 1.53. The number of nitrogen functional groups attached to an aromatic ring is 1. The predicted molar refractivity (Wildman–Crippen MR) is 68.4 cm³/mol. The van der Waals surface area contributed by atoms with Gasteiger partial charge >= 0.3 is 6.18 Å². The first-order valence-electron chi connectivity index (χ1n) is 5.21. The molecular formula is C13H11ClF3NO. The highest BCUT2D eigenvalue weighted by molar-refractivity contribution is 6.30. The van der Waals surface area contributed by atoms with Gasteiger partial charge < -0.3 is 10.8 Å². The summed E-state index contributed by atoms with van der Waals surface area (Å²) in [6.45, 7) is 1.59. The number of aliphatic hydroxyl groups is 1. The molecule has 6 heteroatoms. The van der Waals surface area contributed by atoms with Crippen LogP contribution in [-0.4, -0.2) is 11.3 Å². The normalized spacial score (nSPS) is 14.8. The molecule has 0 bridgehead atoms. The second-order valence-corrected chi connectivity index (χ2v) is 4.15. The zero-order valence-corrected chi connectivity index (χ0v) is 10.7. The average Bonchev–Trinajstić information content (AvgIpc) is 2.31. The van der Waals surface area contributed by atoms with Crippen LogP contribution in [-0.2, 0) is 5.60 Å². The van der Waals surface area contributed by atoms with Crippen LogP contribution in [0.25, 0.3) is 0 Å². The summed E-state index contributed by atoms with van der Waals surface area (Å²) in [5, 5.41) is 9.91. The molecule has 1 atom stereocenters. The van der Waals surface area contributed by atoms with Crippen LogP contribution < -0.4 is 5.73 Å². The molecule has 1 aromatic carbocycles. The average molecular weight is 290 g/mol. The molecule has 0 saturated heterocycles. The lowest BCUT2D eigenvalue weighted by molar-refractivity contribution is -0.240. The van der Waals surface area contributed by atoms with E-state index >= 15 is 0 Å². The van der Waals surface area contributed by atoms with E-state index in [2.05, 4.69) is 5.92 Å². The molecule has 1 aromatic rings. The van der Waals surface area contributed by atoms with Gasteiger partial charge in [0.1, 0.15) is 0 Å². The van der Waals surface area contributed by atoms with E-state index in [0.29, 0.717) is 0 Å². The van der Waals surface area contributed by atoms with Crippen LogP contribution in [0.4, 0.5) is 18.9 Å². The van der Waals surface area contributed by atoms with Crippen LogP contribution in [0.2, 0.25) is 5.02 Å². The summed E-state index contributed by atoms with van der Waals surface area (Å²) in [6, 6.07) is 3.47. The Kier molecular flexibility index (Phi) is 4.51. The summed E-state index contributed by atoms with van der Waals surface area (Å²) < 4.78 is 39.2. The molecule has 0 heterocycles. The first kappa shape index (κ1) is 15.4. The van der Waals surface area contributed by atoms with Gasteiger partial charge in [0, 0.05) is 16.3 Å². The Morgan fingerprint density at radius 2 is 2.00 bits per heavy atom. The minimum atomic E-state index is -5.00. The highest BCUT2D eigenvalue weighted by Gasteiger charge is 2.55. The molecule has 0 fully saturated rings. The maximum absolute atomic E-state index is 13.1. The number of hydrogen-bond donors (Lipinski definition) is 2. The quantitative estimate of drug-likeness (QED) is 0.616. The van der Waals surface area contributed by atoms with Gasteiger partial charge in [-0.3, -0.25) is 0 Å². The lowest BCUT2D eigenvalue weighted by atomic mass is 9.92. The van der Waals surface area contributed by atoms with Gasteiger partial charge in [-0.05, 0) is 37.1 Å². The molecule has 19 heavy (non-hydrogen) atoms. The molecule has 0 radical (unpaired) electrons. The van der Waals surface area contributed by atoms with E-state index in [1.165, 1.54) is 24.3 Å². The van der Waals surface area contributed by atoms with Crippen LogP contribution in [0.3, 0.4) is 0 Å². The van der Waals surface area contributed by atoms with Crippen molar-refractivity contribution >= 4 is 17.3 Å². The van der Waals surface area contributed by atoms with E-state index in [9.17, 15) is 18.3 Å². The molecule has 3 N–H and O–H groups in total. The Labute approximate surface area is 113 Å². The van der Waals surface area contributed by atoms with E-state index in [1.54, 1.807) is 12.8 Å². The number of benzene rings is 1. The summed E-state index contributed by atoms with van der Waals surface area (Å²) in [7, 11) is 0. The zero-order chi connectivity index (χ0) is 14.7. The standard InChI is InChI=1S/C13H11ClF3NO/c1-2-3-4-7-12(19,13(15,16)17)10-8-9(14)5-6-11(10)18/h2-3,5-6,8,19H,18H2,1H3/b3-2+/t12-/m0/s1. The van der Waals surface area contributed by atoms with E-state index in [-0.39, 0.29) is 10.7 Å². The molecule has 0 amide bonds. The first-order valence-corrected chi connectivity index (χ1v) is 5.58. The van der Waals surface area contributed by atoms with E-state index < -0.39 is 17.3 Å². The Balaban J connectivity index is 3.50. The van der Waals surface area contributed by atoms with Gasteiger partial charge in [0.15, 0.2) is 0 Å². The lowest BCUT2D eigenvalue weighted by Crippen LogP contribution is -2.41. The third-order valence-corrected chi connectivity index (χ3v) is 2.55. The second kappa shape index (κ2) is 5.55. The maximum Gasteiger partial charge on any atom is 0.433 e. The number of nitrogens with two attached hydrogens (primary N) is 1. The third kappa shape index (κ3) is 3.22. The molecule has 0 aliphatic carbocycles. The lowest BCUT2D eigenvalue weighted by Gasteiger charge is -2.26. The number of allylic oxidation sites excluding steroid dienone is 2. The molecule has 0 aliphatic rings. The van der Waals surface area contributed by atoms with Gasteiger partial charge in [-0.2, -0.15) is 13.2 Å². The fraction of sp³-hybridized carbons (Fsp3) is 0.231. The van der Waals surface area contributed by atoms with Crippen molar-refractivity contribution in [2.24, 2.45) is 0 Å². The topological polar surface area (TPSA) is 46.2 Å². The second-order valence-electron chi connectivity index (χ2n) is 3.71. The fourth-order valence-electron chi connectivity index (χ4n) is 1.36. The van der Waals surface area contributed by atoms with Crippen LogP contribution in [0.1, 0.15) is 12.5 Å². The molecule has 0 unspecified atom stereocenters. The van der Waals surface area contributed by atoms with Crippen molar-refractivity contribution in [2.75, 3.05) is 5.73 Å². The van der Waals surface area contributed by atoms with Crippen molar-refractivity contribution < 1.29 is 18.3 Å². The van der Waals surface area contributed by atoms with Gasteiger partial charge in [-0.1, -0.05) is 23.6 Å². The molecule has 0 aliphatic heterocycles. The van der Waals surface area contributed by atoms with Crippen molar-refractivity contribution in [1.82, 2.24) is 0 Å². The number of hydrogen-bond acceptors (Lipinski definition) is 2. The number of rotatable bonds is 1. The van der Waals surface area contributed by atoms with Gasteiger partial charge in [0.2, 0.25) is 0 Å². The first-order chi connectivity index (χ1) is 8.72. The minimum Gasteiger partial charge on any atom is -0.398 e. The molecule has 0 saturated carbocycles. The van der Waals surface area contributed by atoms with Crippen LogP contribution in [0, 0.1) is 11.8 Å². The Bertz CT molecular complexity index is 557. The molecule has 102 valence electrons. The Morgan fingerprint density at radius 1 is 1.37 bits per heavy atom. The molecule has 2 nitrogen and oxygen atoms in total. The SMILES string of the molecule is C/C=C/C#C[C@](O)(c1cc(Cl)ccc1N)C(F)(F)F. The van der Waals surface area contributed by atoms with Crippen molar-refractivity contribution in [2.45, 2.75) is 18.7 Å². The highest BCUT2D eigenvalue weighted by atomic mass is 35.5. The third-order valence-electron chi connectivity index (χ3n) is 2.32. The molecule has 0 aromatic heterocycles. The molecule has 1 rings (SSSR count). The largest absolute Gasteiger partial charge is 0.433 e. The maximum atomic E-state index is 13.1. The predicted octanol–water partition coefficient (Wildman–Crippen LogP) is 3.25. The Hall–Kier alpha value is -1.64. The monoisotopic (exact) mass is 289 g/mol. The number of alkyl halides is 3. The van der Waals surface area contributed by atoms with Crippen molar-refractivity contribution in [3.8, 4) is 11.8 Å². The minimum absolute atomic E-state index is 0.0275. The van der Waals surface area contributed by atoms with Crippen molar-refractivity contribution in [1.29, 1.82) is 0 Å². The van der Waals surface area contributed by atoms with E-state index in [4.69, 9.17) is 17.3 Å².